The highest BCUT2D eigenvalue weighted by Gasteiger charge is 2.41. The van der Waals surface area contributed by atoms with Crippen molar-refractivity contribution in [2.24, 2.45) is 0 Å². The van der Waals surface area contributed by atoms with Crippen molar-refractivity contribution in [3.63, 3.8) is 0 Å². The van der Waals surface area contributed by atoms with Gasteiger partial charge in [-0.2, -0.15) is 11.8 Å². The zero-order valence-corrected chi connectivity index (χ0v) is 13.1. The molecule has 0 aromatic heterocycles. The van der Waals surface area contributed by atoms with Crippen LogP contribution < -0.4 is 5.32 Å². The van der Waals surface area contributed by atoms with Crippen LogP contribution in [0.4, 0.5) is 0 Å². The SMILES string of the molecule is CC1(C)CC(NC2CCOC3(CCSC3)C2)CCO1. The van der Waals surface area contributed by atoms with E-state index in [1.165, 1.54) is 30.8 Å². The summed E-state index contributed by atoms with van der Waals surface area (Å²) < 4.78 is 11.9. The van der Waals surface area contributed by atoms with Crippen molar-refractivity contribution >= 4 is 11.8 Å². The van der Waals surface area contributed by atoms with E-state index in [1.807, 2.05) is 0 Å². The third-order valence-electron chi connectivity index (χ3n) is 4.73. The van der Waals surface area contributed by atoms with Gasteiger partial charge in [-0.05, 0) is 51.7 Å². The molecule has 0 aromatic carbocycles. The lowest BCUT2D eigenvalue weighted by Crippen LogP contribution is -2.52. The summed E-state index contributed by atoms with van der Waals surface area (Å²) in [4.78, 5) is 0. The largest absolute Gasteiger partial charge is 0.375 e. The number of ether oxygens (including phenoxy) is 2. The van der Waals surface area contributed by atoms with Gasteiger partial charge >= 0.3 is 0 Å². The number of nitrogens with one attached hydrogen (secondary N) is 1. The molecule has 0 bridgehead atoms. The fourth-order valence-corrected chi connectivity index (χ4v) is 5.12. The normalized spacial score (nSPS) is 42.6. The molecular formula is C15H27NO2S. The Morgan fingerprint density at radius 2 is 1.79 bits per heavy atom. The van der Waals surface area contributed by atoms with Gasteiger partial charge in [0.2, 0.25) is 0 Å². The molecule has 3 heterocycles. The maximum Gasteiger partial charge on any atom is 0.0795 e. The lowest BCUT2D eigenvalue weighted by molar-refractivity contribution is -0.0842. The van der Waals surface area contributed by atoms with Crippen molar-refractivity contribution < 1.29 is 9.47 Å². The Morgan fingerprint density at radius 3 is 2.47 bits per heavy atom. The third kappa shape index (κ3) is 3.46. The lowest BCUT2D eigenvalue weighted by Gasteiger charge is -2.42. The molecule has 0 saturated carbocycles. The van der Waals surface area contributed by atoms with Crippen molar-refractivity contribution in [3.05, 3.63) is 0 Å². The Balaban J connectivity index is 1.54. The van der Waals surface area contributed by atoms with E-state index in [2.05, 4.69) is 30.9 Å². The van der Waals surface area contributed by atoms with Gasteiger partial charge in [-0.25, -0.2) is 0 Å². The van der Waals surface area contributed by atoms with E-state index in [-0.39, 0.29) is 11.2 Å². The van der Waals surface area contributed by atoms with Crippen LogP contribution in [0.1, 0.15) is 46.0 Å². The van der Waals surface area contributed by atoms with Crippen LogP contribution in [0, 0.1) is 0 Å². The van der Waals surface area contributed by atoms with Gasteiger partial charge in [0.05, 0.1) is 11.2 Å². The number of hydrogen-bond donors (Lipinski definition) is 1. The third-order valence-corrected chi connectivity index (χ3v) is 5.95. The fraction of sp³-hybridized carbons (Fsp3) is 1.00. The highest BCUT2D eigenvalue weighted by molar-refractivity contribution is 7.99. The average Bonchev–Trinajstić information content (AvgIpc) is 2.76. The first kappa shape index (κ1) is 14.2. The Labute approximate surface area is 121 Å². The molecule has 3 nitrogen and oxygen atoms in total. The summed E-state index contributed by atoms with van der Waals surface area (Å²) in [6.07, 6.45) is 5.91. The Kier molecular flexibility index (Phi) is 4.14. The van der Waals surface area contributed by atoms with Crippen LogP contribution >= 0.6 is 11.8 Å². The van der Waals surface area contributed by atoms with E-state index in [4.69, 9.17) is 9.47 Å². The van der Waals surface area contributed by atoms with Crippen molar-refractivity contribution in [3.8, 4) is 0 Å². The molecule has 3 saturated heterocycles. The van der Waals surface area contributed by atoms with Crippen LogP contribution in [-0.2, 0) is 9.47 Å². The molecule has 0 amide bonds. The molecule has 3 atom stereocenters. The minimum atomic E-state index is 0.0436. The van der Waals surface area contributed by atoms with Gasteiger partial charge in [-0.3, -0.25) is 0 Å². The smallest absolute Gasteiger partial charge is 0.0795 e. The lowest BCUT2D eigenvalue weighted by atomic mass is 9.87. The average molecular weight is 285 g/mol. The molecule has 4 heteroatoms. The van der Waals surface area contributed by atoms with E-state index in [0.717, 1.165) is 26.1 Å². The summed E-state index contributed by atoms with van der Waals surface area (Å²) >= 11 is 2.05. The first-order valence-electron chi connectivity index (χ1n) is 7.69. The quantitative estimate of drug-likeness (QED) is 0.845. The van der Waals surface area contributed by atoms with Crippen molar-refractivity contribution in [2.75, 3.05) is 24.7 Å². The van der Waals surface area contributed by atoms with E-state index in [9.17, 15) is 0 Å². The van der Waals surface area contributed by atoms with Gasteiger partial charge in [-0.1, -0.05) is 0 Å². The minimum absolute atomic E-state index is 0.0436. The Hall–Kier alpha value is 0.230. The van der Waals surface area contributed by atoms with Crippen molar-refractivity contribution in [1.82, 2.24) is 5.32 Å². The molecule has 0 radical (unpaired) electrons. The highest BCUT2D eigenvalue weighted by Crippen LogP contribution is 2.38. The van der Waals surface area contributed by atoms with Crippen LogP contribution in [0.2, 0.25) is 0 Å². The maximum absolute atomic E-state index is 6.10. The van der Waals surface area contributed by atoms with Gasteiger partial charge in [0.1, 0.15) is 0 Å². The van der Waals surface area contributed by atoms with Gasteiger partial charge < -0.3 is 14.8 Å². The molecule has 0 aliphatic carbocycles. The standard InChI is InChI=1S/C15H27NO2S/c1-14(2)9-12(3-6-17-14)16-13-4-7-18-15(10-13)5-8-19-11-15/h12-13,16H,3-11H2,1-2H3. The van der Waals surface area contributed by atoms with Crippen LogP contribution in [0.5, 0.6) is 0 Å². The number of thioether (sulfide) groups is 1. The van der Waals surface area contributed by atoms with Crippen LogP contribution in [0.15, 0.2) is 0 Å². The Bertz CT molecular complexity index is 315. The van der Waals surface area contributed by atoms with Crippen LogP contribution in [0.3, 0.4) is 0 Å². The molecule has 0 aromatic rings. The van der Waals surface area contributed by atoms with Crippen molar-refractivity contribution in [2.45, 2.75) is 69.2 Å². The van der Waals surface area contributed by atoms with E-state index in [0.29, 0.717) is 12.1 Å². The second-order valence-electron chi connectivity index (χ2n) is 6.99. The van der Waals surface area contributed by atoms with Gasteiger partial charge in [-0.15, -0.1) is 0 Å². The molecule has 3 rings (SSSR count). The summed E-state index contributed by atoms with van der Waals surface area (Å²) in [7, 11) is 0. The second-order valence-corrected chi connectivity index (χ2v) is 8.09. The maximum atomic E-state index is 6.10. The molecule has 3 aliphatic heterocycles. The highest BCUT2D eigenvalue weighted by atomic mass is 32.2. The molecule has 19 heavy (non-hydrogen) atoms. The Morgan fingerprint density at radius 1 is 1.05 bits per heavy atom. The summed E-state index contributed by atoms with van der Waals surface area (Å²) in [5.74, 6) is 2.47. The zero-order chi connectivity index (χ0) is 13.3. The van der Waals surface area contributed by atoms with E-state index in [1.54, 1.807) is 0 Å². The number of hydrogen-bond acceptors (Lipinski definition) is 4. The number of rotatable bonds is 2. The molecular weight excluding hydrogens is 258 g/mol. The van der Waals surface area contributed by atoms with Gasteiger partial charge in [0, 0.05) is 31.1 Å². The predicted molar refractivity (Wildman–Crippen MR) is 79.8 cm³/mol. The predicted octanol–water partition coefficient (Wildman–Crippen LogP) is 2.59. The van der Waals surface area contributed by atoms with Crippen LogP contribution in [0.25, 0.3) is 0 Å². The topological polar surface area (TPSA) is 30.5 Å². The molecule has 1 spiro atoms. The minimum Gasteiger partial charge on any atom is -0.375 e. The summed E-state index contributed by atoms with van der Waals surface area (Å²) in [5, 5.41) is 3.90. The molecule has 110 valence electrons. The fourth-order valence-electron chi connectivity index (χ4n) is 3.74. The monoisotopic (exact) mass is 285 g/mol. The zero-order valence-electron chi connectivity index (χ0n) is 12.2. The summed E-state index contributed by atoms with van der Waals surface area (Å²) in [5.41, 5.74) is 0.239. The van der Waals surface area contributed by atoms with Crippen molar-refractivity contribution in [1.29, 1.82) is 0 Å². The molecule has 3 aliphatic rings. The van der Waals surface area contributed by atoms with Gasteiger partial charge in [0.15, 0.2) is 0 Å². The van der Waals surface area contributed by atoms with Gasteiger partial charge in [0.25, 0.3) is 0 Å². The molecule has 1 N–H and O–H groups in total. The second kappa shape index (κ2) is 5.55. The van der Waals surface area contributed by atoms with Crippen LogP contribution in [-0.4, -0.2) is 48.0 Å². The van der Waals surface area contributed by atoms with E-state index >= 15 is 0 Å². The molecule has 3 unspecified atom stereocenters. The first-order chi connectivity index (χ1) is 9.07. The van der Waals surface area contributed by atoms with E-state index < -0.39 is 0 Å². The summed E-state index contributed by atoms with van der Waals surface area (Å²) in [6, 6.07) is 1.27. The summed E-state index contributed by atoms with van der Waals surface area (Å²) in [6.45, 7) is 6.25. The first-order valence-corrected chi connectivity index (χ1v) is 8.84. The molecule has 3 fully saturated rings.